The number of ether oxygens (including phenoxy) is 1. The molecule has 19 heavy (non-hydrogen) atoms. The van der Waals surface area contributed by atoms with Crippen LogP contribution in [0.3, 0.4) is 0 Å². The Morgan fingerprint density at radius 3 is 2.47 bits per heavy atom. The van der Waals surface area contributed by atoms with Crippen molar-refractivity contribution in [2.24, 2.45) is 0 Å². The number of benzene rings is 1. The van der Waals surface area contributed by atoms with Crippen LogP contribution in [-0.2, 0) is 11.2 Å². The molecule has 0 amide bonds. The van der Waals surface area contributed by atoms with Gasteiger partial charge in [0.1, 0.15) is 6.61 Å². The molecule has 0 fully saturated rings. The summed E-state index contributed by atoms with van der Waals surface area (Å²) >= 11 is 0. The SMILES string of the molecule is COCC(=O)c1ccc(CC(O)CNC(C)C)cc1. The standard InChI is InChI=1S/C15H23NO3/c1-11(2)16-9-14(17)8-12-4-6-13(7-5-12)15(18)10-19-3/h4-7,11,14,16-17H,8-10H2,1-3H3. The molecule has 0 heterocycles. The molecule has 0 aromatic heterocycles. The molecule has 1 aromatic rings. The average molecular weight is 265 g/mol. The van der Waals surface area contributed by atoms with Gasteiger partial charge in [0.25, 0.3) is 0 Å². The number of hydrogen-bond acceptors (Lipinski definition) is 4. The minimum Gasteiger partial charge on any atom is -0.391 e. The van der Waals surface area contributed by atoms with Crippen molar-refractivity contribution in [3.05, 3.63) is 35.4 Å². The smallest absolute Gasteiger partial charge is 0.188 e. The van der Waals surface area contributed by atoms with E-state index in [4.69, 9.17) is 4.74 Å². The van der Waals surface area contributed by atoms with Crippen LogP contribution in [0.5, 0.6) is 0 Å². The first-order chi connectivity index (χ1) is 9.02. The molecule has 1 atom stereocenters. The zero-order chi connectivity index (χ0) is 14.3. The van der Waals surface area contributed by atoms with E-state index >= 15 is 0 Å². The van der Waals surface area contributed by atoms with Gasteiger partial charge in [0, 0.05) is 25.3 Å². The lowest BCUT2D eigenvalue weighted by Gasteiger charge is -2.14. The van der Waals surface area contributed by atoms with Crippen molar-refractivity contribution in [3.8, 4) is 0 Å². The van der Waals surface area contributed by atoms with Crippen molar-refractivity contribution in [3.63, 3.8) is 0 Å². The fourth-order valence-corrected chi connectivity index (χ4v) is 1.76. The molecule has 4 heteroatoms. The number of Topliss-reactive ketones (excluding diaryl/α,β-unsaturated/α-hetero) is 1. The summed E-state index contributed by atoms with van der Waals surface area (Å²) in [7, 11) is 1.50. The number of ketones is 1. The third-order valence-electron chi connectivity index (χ3n) is 2.78. The van der Waals surface area contributed by atoms with Crippen LogP contribution < -0.4 is 5.32 Å². The van der Waals surface area contributed by atoms with Crippen LogP contribution >= 0.6 is 0 Å². The highest BCUT2D eigenvalue weighted by atomic mass is 16.5. The van der Waals surface area contributed by atoms with Gasteiger partial charge in [-0.25, -0.2) is 0 Å². The van der Waals surface area contributed by atoms with Gasteiger partial charge in [-0.1, -0.05) is 38.1 Å². The van der Waals surface area contributed by atoms with Gasteiger partial charge in [-0.15, -0.1) is 0 Å². The number of carbonyl (C=O) groups excluding carboxylic acids is 1. The van der Waals surface area contributed by atoms with E-state index in [2.05, 4.69) is 5.32 Å². The Labute approximate surface area is 114 Å². The summed E-state index contributed by atoms with van der Waals surface area (Å²) in [4.78, 5) is 11.6. The highest BCUT2D eigenvalue weighted by molar-refractivity contribution is 5.97. The van der Waals surface area contributed by atoms with Crippen LogP contribution in [0.1, 0.15) is 29.8 Å². The van der Waals surface area contributed by atoms with Crippen LogP contribution in [-0.4, -0.2) is 43.3 Å². The molecule has 0 saturated carbocycles. The van der Waals surface area contributed by atoms with E-state index < -0.39 is 6.10 Å². The van der Waals surface area contributed by atoms with Gasteiger partial charge in [-0.05, 0) is 12.0 Å². The summed E-state index contributed by atoms with van der Waals surface area (Å²) in [6.45, 7) is 4.76. The van der Waals surface area contributed by atoms with E-state index in [-0.39, 0.29) is 12.4 Å². The monoisotopic (exact) mass is 265 g/mol. The van der Waals surface area contributed by atoms with Gasteiger partial charge < -0.3 is 15.2 Å². The molecule has 0 spiro atoms. The highest BCUT2D eigenvalue weighted by Gasteiger charge is 2.08. The lowest BCUT2D eigenvalue weighted by atomic mass is 10.0. The van der Waals surface area contributed by atoms with Crippen molar-refractivity contribution in [1.29, 1.82) is 0 Å². The van der Waals surface area contributed by atoms with Gasteiger partial charge in [0.15, 0.2) is 5.78 Å². The second-order valence-electron chi connectivity index (χ2n) is 4.97. The Balaban J connectivity index is 2.50. The van der Waals surface area contributed by atoms with E-state index in [0.717, 1.165) is 5.56 Å². The van der Waals surface area contributed by atoms with E-state index in [0.29, 0.717) is 24.6 Å². The van der Waals surface area contributed by atoms with E-state index in [9.17, 15) is 9.90 Å². The Morgan fingerprint density at radius 2 is 1.95 bits per heavy atom. The van der Waals surface area contributed by atoms with Crippen LogP contribution in [0.4, 0.5) is 0 Å². The van der Waals surface area contributed by atoms with Gasteiger partial charge in [0.05, 0.1) is 6.10 Å². The molecule has 0 saturated heterocycles. The van der Waals surface area contributed by atoms with Gasteiger partial charge >= 0.3 is 0 Å². The third kappa shape index (κ3) is 5.96. The quantitative estimate of drug-likeness (QED) is 0.698. The summed E-state index contributed by atoms with van der Waals surface area (Å²) in [6.07, 6.45) is 0.168. The van der Waals surface area contributed by atoms with Gasteiger partial charge in [0.2, 0.25) is 0 Å². The molecular weight excluding hydrogens is 242 g/mol. The van der Waals surface area contributed by atoms with Crippen molar-refractivity contribution in [1.82, 2.24) is 5.32 Å². The maximum atomic E-state index is 11.6. The summed E-state index contributed by atoms with van der Waals surface area (Å²) in [5.74, 6) is -0.0314. The fraction of sp³-hybridized carbons (Fsp3) is 0.533. The molecule has 4 nitrogen and oxygen atoms in total. The molecule has 1 aromatic carbocycles. The van der Waals surface area contributed by atoms with E-state index in [1.165, 1.54) is 7.11 Å². The average Bonchev–Trinajstić information content (AvgIpc) is 2.37. The largest absolute Gasteiger partial charge is 0.391 e. The van der Waals surface area contributed by atoms with Crippen molar-refractivity contribution in [2.45, 2.75) is 32.4 Å². The number of carbonyl (C=O) groups is 1. The van der Waals surface area contributed by atoms with Crippen molar-refractivity contribution >= 4 is 5.78 Å². The maximum absolute atomic E-state index is 11.6. The Bertz CT molecular complexity index is 387. The molecule has 1 rings (SSSR count). The lowest BCUT2D eigenvalue weighted by molar-refractivity contribution is 0.0848. The number of aliphatic hydroxyl groups excluding tert-OH is 1. The molecule has 106 valence electrons. The second kappa shape index (κ2) is 8.04. The Hall–Kier alpha value is -1.23. The molecule has 0 radical (unpaired) electrons. The molecule has 0 aliphatic carbocycles. The molecule has 0 aliphatic heterocycles. The third-order valence-corrected chi connectivity index (χ3v) is 2.78. The predicted molar refractivity (Wildman–Crippen MR) is 75.5 cm³/mol. The van der Waals surface area contributed by atoms with Gasteiger partial charge in [-0.3, -0.25) is 4.79 Å². The van der Waals surface area contributed by atoms with Crippen molar-refractivity contribution < 1.29 is 14.6 Å². The molecule has 2 N–H and O–H groups in total. The molecule has 0 aliphatic rings. The molecule has 0 bridgehead atoms. The minimum atomic E-state index is -0.414. The highest BCUT2D eigenvalue weighted by Crippen LogP contribution is 2.08. The van der Waals surface area contributed by atoms with Gasteiger partial charge in [-0.2, -0.15) is 0 Å². The Kier molecular flexibility index (Phi) is 6.70. The molecule has 1 unspecified atom stereocenters. The van der Waals surface area contributed by atoms with E-state index in [1.807, 2.05) is 26.0 Å². The number of aliphatic hydroxyl groups is 1. The zero-order valence-corrected chi connectivity index (χ0v) is 11.8. The zero-order valence-electron chi connectivity index (χ0n) is 11.8. The maximum Gasteiger partial charge on any atom is 0.188 e. The predicted octanol–water partition coefficient (Wildman–Crippen LogP) is 1.42. The summed E-state index contributed by atoms with van der Waals surface area (Å²) in [5.41, 5.74) is 1.66. The number of nitrogens with one attached hydrogen (secondary N) is 1. The van der Waals surface area contributed by atoms with Crippen LogP contribution in [0, 0.1) is 0 Å². The lowest BCUT2D eigenvalue weighted by Crippen LogP contribution is -2.33. The minimum absolute atomic E-state index is 0.0314. The summed E-state index contributed by atoms with van der Waals surface area (Å²) in [6, 6.07) is 7.67. The van der Waals surface area contributed by atoms with Crippen LogP contribution in [0.25, 0.3) is 0 Å². The summed E-state index contributed by atoms with van der Waals surface area (Å²) < 4.78 is 4.81. The topological polar surface area (TPSA) is 58.6 Å². The first-order valence-electron chi connectivity index (χ1n) is 6.55. The first kappa shape index (κ1) is 15.8. The summed E-state index contributed by atoms with van der Waals surface area (Å²) in [5, 5.41) is 13.1. The van der Waals surface area contributed by atoms with Crippen LogP contribution in [0.2, 0.25) is 0 Å². The number of hydrogen-bond donors (Lipinski definition) is 2. The second-order valence-corrected chi connectivity index (χ2v) is 4.97. The first-order valence-corrected chi connectivity index (χ1v) is 6.55. The Morgan fingerprint density at radius 1 is 1.32 bits per heavy atom. The number of methoxy groups -OCH3 is 1. The fourth-order valence-electron chi connectivity index (χ4n) is 1.76. The van der Waals surface area contributed by atoms with Crippen LogP contribution in [0.15, 0.2) is 24.3 Å². The normalized spacial score (nSPS) is 12.7. The van der Waals surface area contributed by atoms with Crippen molar-refractivity contribution in [2.75, 3.05) is 20.3 Å². The van der Waals surface area contributed by atoms with E-state index in [1.54, 1.807) is 12.1 Å². The molecular formula is C15H23NO3. The number of rotatable bonds is 8.